The lowest BCUT2D eigenvalue weighted by Crippen LogP contribution is -2.25. The maximum absolute atomic E-state index is 5.77. The minimum Gasteiger partial charge on any atom is -0.490 e. The van der Waals surface area contributed by atoms with Gasteiger partial charge in [0.15, 0.2) is 11.5 Å². The highest BCUT2D eigenvalue weighted by Gasteiger charge is 2.31. The van der Waals surface area contributed by atoms with Gasteiger partial charge in [0.2, 0.25) is 0 Å². The van der Waals surface area contributed by atoms with Gasteiger partial charge in [0.1, 0.15) is 0 Å². The van der Waals surface area contributed by atoms with Gasteiger partial charge in [-0.2, -0.15) is 0 Å². The van der Waals surface area contributed by atoms with Gasteiger partial charge in [-0.3, -0.25) is 0 Å². The van der Waals surface area contributed by atoms with Gasteiger partial charge < -0.3 is 14.8 Å². The summed E-state index contributed by atoms with van der Waals surface area (Å²) in [6.45, 7) is 6.91. The third-order valence-electron chi connectivity index (χ3n) is 3.42. The van der Waals surface area contributed by atoms with Crippen molar-refractivity contribution in [3.05, 3.63) is 17.7 Å². The molecule has 2 atom stereocenters. The summed E-state index contributed by atoms with van der Waals surface area (Å²) in [4.78, 5) is 1.33. The van der Waals surface area contributed by atoms with Crippen LogP contribution in [0.3, 0.4) is 0 Å². The van der Waals surface area contributed by atoms with Crippen LogP contribution in [-0.2, 0) is 0 Å². The first-order valence-corrected chi connectivity index (χ1v) is 7.51. The fraction of sp³-hybridized carbons (Fsp3) is 0.571. The van der Waals surface area contributed by atoms with Gasteiger partial charge in [-0.25, -0.2) is 0 Å². The molecular weight excluding hydrogens is 246 g/mol. The second-order valence-corrected chi connectivity index (χ2v) is 6.16. The predicted octanol–water partition coefficient (Wildman–Crippen LogP) is 2.99. The number of hydrogen-bond donors (Lipinski definition) is 1. The van der Waals surface area contributed by atoms with Crippen LogP contribution in [0.2, 0.25) is 0 Å². The predicted molar refractivity (Wildman–Crippen MR) is 73.8 cm³/mol. The highest BCUT2D eigenvalue weighted by Crippen LogP contribution is 2.48. The quantitative estimate of drug-likeness (QED) is 0.890. The number of benzene rings is 1. The Labute approximate surface area is 112 Å². The van der Waals surface area contributed by atoms with Gasteiger partial charge in [0.25, 0.3) is 0 Å². The SMILES string of the molecule is CCNC1c2cc3c(cc2SC1C)OCCCO3. The van der Waals surface area contributed by atoms with Crippen molar-refractivity contribution in [1.82, 2.24) is 5.32 Å². The number of thioether (sulfide) groups is 1. The Kier molecular flexibility index (Phi) is 3.39. The van der Waals surface area contributed by atoms with E-state index < -0.39 is 0 Å². The van der Waals surface area contributed by atoms with E-state index in [0.29, 0.717) is 11.3 Å². The van der Waals surface area contributed by atoms with Crippen LogP contribution in [0, 0.1) is 0 Å². The Hall–Kier alpha value is -0.870. The second-order valence-electron chi connectivity index (χ2n) is 4.75. The molecule has 0 radical (unpaired) electrons. The van der Waals surface area contributed by atoms with Crippen molar-refractivity contribution in [3.8, 4) is 11.5 Å². The van der Waals surface area contributed by atoms with Crippen LogP contribution in [0.5, 0.6) is 11.5 Å². The molecule has 2 heterocycles. The van der Waals surface area contributed by atoms with Crippen molar-refractivity contribution < 1.29 is 9.47 Å². The Morgan fingerprint density at radius 3 is 2.72 bits per heavy atom. The van der Waals surface area contributed by atoms with E-state index in [-0.39, 0.29) is 0 Å². The normalized spacial score (nSPS) is 25.7. The van der Waals surface area contributed by atoms with Crippen LogP contribution in [0.15, 0.2) is 17.0 Å². The van der Waals surface area contributed by atoms with E-state index in [2.05, 4.69) is 31.3 Å². The maximum atomic E-state index is 5.77. The highest BCUT2D eigenvalue weighted by molar-refractivity contribution is 8.00. The Balaban J connectivity index is 1.98. The molecule has 1 aromatic rings. The van der Waals surface area contributed by atoms with Gasteiger partial charge >= 0.3 is 0 Å². The lowest BCUT2D eigenvalue weighted by molar-refractivity contribution is 0.296. The third kappa shape index (κ3) is 2.08. The van der Waals surface area contributed by atoms with Crippen molar-refractivity contribution in [3.63, 3.8) is 0 Å². The van der Waals surface area contributed by atoms with E-state index in [1.165, 1.54) is 10.5 Å². The van der Waals surface area contributed by atoms with Crippen LogP contribution in [0.1, 0.15) is 31.9 Å². The van der Waals surface area contributed by atoms with E-state index in [1.54, 1.807) is 0 Å². The second kappa shape index (κ2) is 5.02. The molecule has 0 saturated carbocycles. The van der Waals surface area contributed by atoms with Crippen LogP contribution in [-0.4, -0.2) is 25.0 Å². The number of nitrogens with one attached hydrogen (secondary N) is 1. The average Bonchev–Trinajstić information content (AvgIpc) is 2.54. The maximum Gasteiger partial charge on any atom is 0.162 e. The molecule has 2 aliphatic heterocycles. The highest BCUT2D eigenvalue weighted by atomic mass is 32.2. The van der Waals surface area contributed by atoms with Gasteiger partial charge in [0.05, 0.1) is 13.2 Å². The molecule has 4 heteroatoms. The molecule has 98 valence electrons. The lowest BCUT2D eigenvalue weighted by atomic mass is 10.0. The average molecular weight is 265 g/mol. The van der Waals surface area contributed by atoms with Gasteiger partial charge in [0, 0.05) is 22.6 Å². The molecule has 0 aliphatic carbocycles. The zero-order chi connectivity index (χ0) is 12.5. The number of ether oxygens (including phenoxy) is 2. The van der Waals surface area contributed by atoms with Crippen molar-refractivity contribution in [2.24, 2.45) is 0 Å². The molecule has 0 aromatic heterocycles. The zero-order valence-corrected chi connectivity index (χ0v) is 11.7. The fourth-order valence-corrected chi connectivity index (χ4v) is 3.84. The topological polar surface area (TPSA) is 30.5 Å². The molecule has 2 unspecified atom stereocenters. The van der Waals surface area contributed by atoms with Crippen LogP contribution in [0.4, 0.5) is 0 Å². The Morgan fingerprint density at radius 2 is 2.00 bits per heavy atom. The van der Waals surface area contributed by atoms with Gasteiger partial charge in [-0.1, -0.05) is 13.8 Å². The molecule has 0 saturated heterocycles. The van der Waals surface area contributed by atoms with Crippen molar-refractivity contribution in [2.45, 2.75) is 36.5 Å². The molecule has 0 spiro atoms. The molecule has 3 nitrogen and oxygen atoms in total. The zero-order valence-electron chi connectivity index (χ0n) is 10.9. The van der Waals surface area contributed by atoms with E-state index in [0.717, 1.165) is 37.7 Å². The van der Waals surface area contributed by atoms with E-state index >= 15 is 0 Å². The molecule has 18 heavy (non-hydrogen) atoms. The standard InChI is InChI=1S/C14H19NO2S/c1-3-15-14-9(2)18-13-8-12-11(7-10(13)14)16-5-4-6-17-12/h7-9,14-15H,3-6H2,1-2H3. The molecule has 0 fully saturated rings. The molecule has 2 aliphatic rings. The lowest BCUT2D eigenvalue weighted by Gasteiger charge is -2.17. The summed E-state index contributed by atoms with van der Waals surface area (Å²) in [5.74, 6) is 1.81. The van der Waals surface area contributed by atoms with Crippen molar-refractivity contribution in [2.75, 3.05) is 19.8 Å². The third-order valence-corrected chi connectivity index (χ3v) is 4.67. The van der Waals surface area contributed by atoms with Crippen molar-refractivity contribution >= 4 is 11.8 Å². The van der Waals surface area contributed by atoms with Crippen LogP contribution >= 0.6 is 11.8 Å². The first kappa shape index (κ1) is 12.2. The monoisotopic (exact) mass is 265 g/mol. The summed E-state index contributed by atoms with van der Waals surface area (Å²) in [7, 11) is 0. The van der Waals surface area contributed by atoms with Gasteiger partial charge in [-0.05, 0) is 24.2 Å². The first-order chi connectivity index (χ1) is 8.79. The summed E-state index contributed by atoms with van der Waals surface area (Å²) < 4.78 is 11.5. The summed E-state index contributed by atoms with van der Waals surface area (Å²) in [5.41, 5.74) is 1.36. The molecule has 3 rings (SSSR count). The molecule has 0 amide bonds. The minimum absolute atomic E-state index is 0.423. The number of hydrogen-bond acceptors (Lipinski definition) is 4. The smallest absolute Gasteiger partial charge is 0.162 e. The fourth-order valence-electron chi connectivity index (χ4n) is 2.57. The Bertz CT molecular complexity index is 450. The number of fused-ring (bicyclic) bond motifs is 2. The molecule has 1 aromatic carbocycles. The molecular formula is C14H19NO2S. The minimum atomic E-state index is 0.423. The van der Waals surface area contributed by atoms with Gasteiger partial charge in [-0.15, -0.1) is 11.8 Å². The molecule has 1 N–H and O–H groups in total. The van der Waals surface area contributed by atoms with Crippen LogP contribution in [0.25, 0.3) is 0 Å². The summed E-state index contributed by atoms with van der Waals surface area (Å²) in [5, 5.41) is 4.12. The largest absolute Gasteiger partial charge is 0.490 e. The van der Waals surface area contributed by atoms with E-state index in [4.69, 9.17) is 9.47 Å². The first-order valence-electron chi connectivity index (χ1n) is 6.63. The van der Waals surface area contributed by atoms with Crippen LogP contribution < -0.4 is 14.8 Å². The van der Waals surface area contributed by atoms with E-state index in [1.807, 2.05) is 11.8 Å². The summed E-state index contributed by atoms with van der Waals surface area (Å²) >= 11 is 1.92. The summed E-state index contributed by atoms with van der Waals surface area (Å²) in [6.07, 6.45) is 0.958. The number of rotatable bonds is 2. The molecule has 0 bridgehead atoms. The van der Waals surface area contributed by atoms with E-state index in [9.17, 15) is 0 Å². The Morgan fingerprint density at radius 1 is 1.28 bits per heavy atom. The summed E-state index contributed by atoms with van der Waals surface area (Å²) in [6, 6.07) is 4.74. The van der Waals surface area contributed by atoms with Crippen molar-refractivity contribution in [1.29, 1.82) is 0 Å².